The molecule has 1 atom stereocenters. The number of ketones is 1. The number of esters is 1. The highest BCUT2D eigenvalue weighted by Crippen LogP contribution is 2.53. The first kappa shape index (κ1) is 23.7. The van der Waals surface area contributed by atoms with Gasteiger partial charge in [-0.1, -0.05) is 12.1 Å². The van der Waals surface area contributed by atoms with Crippen molar-refractivity contribution in [1.82, 2.24) is 0 Å². The lowest BCUT2D eigenvalue weighted by atomic mass is 9.84. The summed E-state index contributed by atoms with van der Waals surface area (Å²) in [5, 5.41) is 0. The van der Waals surface area contributed by atoms with E-state index in [2.05, 4.69) is 0 Å². The van der Waals surface area contributed by atoms with Gasteiger partial charge in [-0.15, -0.1) is 0 Å². The average Bonchev–Trinajstić information content (AvgIpc) is 3.26. The standard InChI is InChI=1S/C29H24O9/c1-32-21-9-5-16(28(33-2)29(21)34-3)18-14-24(30)37-20-8-6-17-26(31)23(38-27(17)25(18)20)13-15-4-7-19-22(12-15)36-11-10-35-19/h4-9,12-13,18H,10-11,14H2,1-3H3/b23-13-. The topological polar surface area (TPSA) is 98.8 Å². The second-order valence-corrected chi connectivity index (χ2v) is 8.85. The van der Waals surface area contributed by atoms with E-state index in [1.165, 1.54) is 21.3 Å². The van der Waals surface area contributed by atoms with Crippen LogP contribution in [0.2, 0.25) is 0 Å². The van der Waals surface area contributed by atoms with Crippen molar-refractivity contribution in [2.45, 2.75) is 12.3 Å². The molecule has 9 nitrogen and oxygen atoms in total. The summed E-state index contributed by atoms with van der Waals surface area (Å²) in [6.45, 7) is 0.950. The van der Waals surface area contributed by atoms with Gasteiger partial charge in [-0.2, -0.15) is 0 Å². The number of hydrogen-bond acceptors (Lipinski definition) is 9. The number of hydrogen-bond donors (Lipinski definition) is 0. The summed E-state index contributed by atoms with van der Waals surface area (Å²) in [4.78, 5) is 26.0. The normalized spacial score (nSPS) is 18.3. The van der Waals surface area contributed by atoms with Crippen molar-refractivity contribution in [2.24, 2.45) is 0 Å². The Kier molecular flexibility index (Phi) is 5.83. The third-order valence-corrected chi connectivity index (χ3v) is 6.75. The van der Waals surface area contributed by atoms with Crippen LogP contribution in [0, 0.1) is 0 Å². The predicted molar refractivity (Wildman–Crippen MR) is 135 cm³/mol. The molecule has 3 heterocycles. The van der Waals surface area contributed by atoms with E-state index in [1.54, 1.807) is 36.4 Å². The smallest absolute Gasteiger partial charge is 0.312 e. The van der Waals surface area contributed by atoms with Crippen molar-refractivity contribution in [1.29, 1.82) is 0 Å². The van der Waals surface area contributed by atoms with Gasteiger partial charge in [0.05, 0.1) is 33.3 Å². The van der Waals surface area contributed by atoms with E-state index in [4.69, 9.17) is 33.2 Å². The van der Waals surface area contributed by atoms with Gasteiger partial charge in [0.2, 0.25) is 11.5 Å². The third kappa shape index (κ3) is 3.78. The molecule has 0 radical (unpaired) electrons. The van der Waals surface area contributed by atoms with Gasteiger partial charge in [0.15, 0.2) is 28.8 Å². The zero-order valence-corrected chi connectivity index (χ0v) is 21.0. The highest BCUT2D eigenvalue weighted by atomic mass is 16.6. The molecule has 0 saturated carbocycles. The lowest BCUT2D eigenvalue weighted by Crippen LogP contribution is -2.22. The SMILES string of the molecule is COc1ccc(C2CC(=O)Oc3ccc4c(c32)O/C(=C\c2ccc3c(c2)OCCO3)C4=O)c(OC)c1OC. The van der Waals surface area contributed by atoms with Crippen molar-refractivity contribution >= 4 is 17.8 Å². The van der Waals surface area contributed by atoms with Crippen LogP contribution in [0.3, 0.4) is 0 Å². The summed E-state index contributed by atoms with van der Waals surface area (Å²) < 4.78 is 39.7. The summed E-state index contributed by atoms with van der Waals surface area (Å²) in [7, 11) is 4.57. The fourth-order valence-electron chi connectivity index (χ4n) is 5.07. The van der Waals surface area contributed by atoms with Gasteiger partial charge in [0, 0.05) is 17.0 Å². The number of fused-ring (bicyclic) bond motifs is 4. The molecule has 1 unspecified atom stereocenters. The average molecular weight is 517 g/mol. The number of rotatable bonds is 5. The largest absolute Gasteiger partial charge is 0.493 e. The van der Waals surface area contributed by atoms with Crippen LogP contribution in [0.15, 0.2) is 48.2 Å². The van der Waals surface area contributed by atoms with Crippen LogP contribution in [-0.4, -0.2) is 46.3 Å². The molecule has 0 amide bonds. The molecule has 0 bridgehead atoms. The van der Waals surface area contributed by atoms with E-state index in [0.717, 1.165) is 5.56 Å². The number of Topliss-reactive ketones (excluding diaryl/α,β-unsaturated/α-hetero) is 1. The Morgan fingerprint density at radius 3 is 2.34 bits per heavy atom. The molecule has 0 N–H and O–H groups in total. The Morgan fingerprint density at radius 2 is 1.58 bits per heavy atom. The zero-order valence-electron chi connectivity index (χ0n) is 21.0. The van der Waals surface area contributed by atoms with Gasteiger partial charge in [-0.3, -0.25) is 9.59 Å². The van der Waals surface area contributed by atoms with Crippen molar-refractivity contribution in [3.63, 3.8) is 0 Å². The quantitative estimate of drug-likeness (QED) is 0.275. The molecule has 0 spiro atoms. The number of benzene rings is 3. The Morgan fingerprint density at radius 1 is 0.816 bits per heavy atom. The van der Waals surface area contributed by atoms with Gasteiger partial charge < -0.3 is 33.2 Å². The molecular formula is C29H24O9. The minimum atomic E-state index is -0.516. The molecule has 0 aliphatic carbocycles. The molecule has 38 heavy (non-hydrogen) atoms. The monoisotopic (exact) mass is 516 g/mol. The zero-order chi connectivity index (χ0) is 26.4. The second-order valence-electron chi connectivity index (χ2n) is 8.85. The van der Waals surface area contributed by atoms with E-state index >= 15 is 0 Å². The summed E-state index contributed by atoms with van der Waals surface area (Å²) in [5.74, 6) is 2.22. The Bertz CT molecular complexity index is 1500. The summed E-state index contributed by atoms with van der Waals surface area (Å²) in [6, 6.07) is 12.2. The van der Waals surface area contributed by atoms with E-state index in [-0.39, 0.29) is 18.0 Å². The number of carbonyl (C=O) groups excluding carboxylic acids is 2. The van der Waals surface area contributed by atoms with E-state index in [1.807, 2.05) is 12.1 Å². The lowest BCUT2D eigenvalue weighted by Gasteiger charge is -2.28. The van der Waals surface area contributed by atoms with E-state index in [0.29, 0.717) is 70.2 Å². The van der Waals surface area contributed by atoms with Gasteiger partial charge in [-0.05, 0) is 42.0 Å². The van der Waals surface area contributed by atoms with Crippen LogP contribution in [0.25, 0.3) is 6.08 Å². The van der Waals surface area contributed by atoms with Crippen LogP contribution < -0.4 is 33.2 Å². The predicted octanol–water partition coefficient (Wildman–Crippen LogP) is 4.54. The van der Waals surface area contributed by atoms with Crippen molar-refractivity contribution in [3.8, 4) is 40.2 Å². The molecule has 9 heteroatoms. The molecule has 6 rings (SSSR count). The second kappa shape index (κ2) is 9.33. The molecule has 3 aliphatic rings. The number of methoxy groups -OCH3 is 3. The molecule has 3 aromatic carbocycles. The minimum Gasteiger partial charge on any atom is -0.493 e. The summed E-state index contributed by atoms with van der Waals surface area (Å²) >= 11 is 0. The number of carbonyl (C=O) groups is 2. The van der Waals surface area contributed by atoms with Crippen LogP contribution in [-0.2, 0) is 4.79 Å². The molecular weight excluding hydrogens is 492 g/mol. The first-order valence-corrected chi connectivity index (χ1v) is 12.0. The summed E-state index contributed by atoms with van der Waals surface area (Å²) in [6.07, 6.45) is 1.68. The molecule has 3 aliphatic heterocycles. The van der Waals surface area contributed by atoms with Crippen molar-refractivity contribution < 1.29 is 42.7 Å². The maximum absolute atomic E-state index is 13.4. The first-order chi connectivity index (χ1) is 18.5. The summed E-state index contributed by atoms with van der Waals surface area (Å²) in [5.41, 5.74) is 2.38. The van der Waals surface area contributed by atoms with Gasteiger partial charge in [0.25, 0.3) is 0 Å². The maximum Gasteiger partial charge on any atom is 0.312 e. The number of allylic oxidation sites excluding steroid dienone is 1. The van der Waals surface area contributed by atoms with Crippen LogP contribution in [0.1, 0.15) is 39.4 Å². The molecule has 0 fully saturated rings. The van der Waals surface area contributed by atoms with Crippen LogP contribution in [0.4, 0.5) is 0 Å². The Labute approximate surface area is 218 Å². The van der Waals surface area contributed by atoms with Crippen LogP contribution in [0.5, 0.6) is 40.2 Å². The minimum absolute atomic E-state index is 0.0219. The first-order valence-electron chi connectivity index (χ1n) is 12.0. The molecule has 0 saturated heterocycles. The number of ether oxygens (including phenoxy) is 7. The fourth-order valence-corrected chi connectivity index (χ4v) is 5.07. The van der Waals surface area contributed by atoms with E-state index < -0.39 is 11.9 Å². The van der Waals surface area contributed by atoms with Gasteiger partial charge in [-0.25, -0.2) is 0 Å². The highest BCUT2D eigenvalue weighted by Gasteiger charge is 2.40. The lowest BCUT2D eigenvalue weighted by molar-refractivity contribution is -0.135. The van der Waals surface area contributed by atoms with Gasteiger partial charge in [0.1, 0.15) is 24.7 Å². The molecule has 194 valence electrons. The fraction of sp³-hybridized carbons (Fsp3) is 0.241. The third-order valence-electron chi connectivity index (χ3n) is 6.75. The Hall–Kier alpha value is -4.66. The maximum atomic E-state index is 13.4. The van der Waals surface area contributed by atoms with E-state index in [9.17, 15) is 9.59 Å². The van der Waals surface area contributed by atoms with Gasteiger partial charge >= 0.3 is 5.97 Å². The van der Waals surface area contributed by atoms with Crippen LogP contribution >= 0.6 is 0 Å². The molecule has 3 aromatic rings. The Balaban J connectivity index is 1.44. The highest BCUT2D eigenvalue weighted by molar-refractivity contribution is 6.15. The van der Waals surface area contributed by atoms with Crippen molar-refractivity contribution in [3.05, 3.63) is 70.5 Å². The molecule has 0 aromatic heterocycles. The van der Waals surface area contributed by atoms with Crippen molar-refractivity contribution in [2.75, 3.05) is 34.5 Å².